The van der Waals surface area contributed by atoms with E-state index < -0.39 is 0 Å². The maximum atomic E-state index is 5.50. The molecule has 0 radical (unpaired) electrons. The van der Waals surface area contributed by atoms with Crippen molar-refractivity contribution in [2.24, 2.45) is 5.92 Å². The summed E-state index contributed by atoms with van der Waals surface area (Å²) in [5.41, 5.74) is 1.25. The van der Waals surface area contributed by atoms with Gasteiger partial charge in [0.1, 0.15) is 18.0 Å². The van der Waals surface area contributed by atoms with Crippen molar-refractivity contribution in [3.63, 3.8) is 0 Å². The fraction of sp³-hybridized carbons (Fsp3) is 0.600. The number of ether oxygens (including phenoxy) is 2. The molecular formula is C15H23BrNO2+. The van der Waals surface area contributed by atoms with Gasteiger partial charge in [-0.2, -0.15) is 0 Å². The van der Waals surface area contributed by atoms with Gasteiger partial charge in [-0.25, -0.2) is 0 Å². The third-order valence-corrected chi connectivity index (χ3v) is 4.48. The first-order valence-corrected chi connectivity index (χ1v) is 7.67. The normalized spacial score (nSPS) is 23.2. The van der Waals surface area contributed by atoms with Crippen LogP contribution in [0.2, 0.25) is 0 Å². The third-order valence-electron chi connectivity index (χ3n) is 3.86. The Bertz CT molecular complexity index is 436. The highest BCUT2D eigenvalue weighted by molar-refractivity contribution is 9.10. The summed E-state index contributed by atoms with van der Waals surface area (Å²) in [5, 5.41) is 0. The number of likely N-dealkylation sites (tertiary alicyclic amines) is 1. The molecule has 0 saturated carbocycles. The molecule has 4 heteroatoms. The molecule has 0 amide bonds. The lowest BCUT2D eigenvalue weighted by Crippen LogP contribution is -3.12. The zero-order valence-electron chi connectivity index (χ0n) is 12.0. The maximum absolute atomic E-state index is 5.50. The highest BCUT2D eigenvalue weighted by Gasteiger charge is 2.21. The van der Waals surface area contributed by atoms with Crippen molar-refractivity contribution in [2.75, 3.05) is 27.3 Å². The van der Waals surface area contributed by atoms with Gasteiger partial charge in [-0.15, -0.1) is 0 Å². The largest absolute Gasteiger partial charge is 0.496 e. The van der Waals surface area contributed by atoms with Crippen LogP contribution in [-0.4, -0.2) is 27.3 Å². The van der Waals surface area contributed by atoms with Crippen LogP contribution in [0.4, 0.5) is 0 Å². The molecule has 0 aromatic heterocycles. The summed E-state index contributed by atoms with van der Waals surface area (Å²) in [5.74, 6) is 2.57. The number of nitrogens with one attached hydrogen (secondary N) is 1. The fourth-order valence-corrected chi connectivity index (χ4v) is 3.44. The predicted molar refractivity (Wildman–Crippen MR) is 80.0 cm³/mol. The molecule has 1 heterocycles. The highest BCUT2D eigenvalue weighted by atomic mass is 79.9. The van der Waals surface area contributed by atoms with E-state index in [1.807, 2.05) is 6.07 Å². The Balaban J connectivity index is 2.16. The zero-order chi connectivity index (χ0) is 13.8. The van der Waals surface area contributed by atoms with Crippen molar-refractivity contribution in [2.45, 2.75) is 26.3 Å². The van der Waals surface area contributed by atoms with Crippen LogP contribution in [0.3, 0.4) is 0 Å². The van der Waals surface area contributed by atoms with Gasteiger partial charge in [0.25, 0.3) is 0 Å². The summed E-state index contributed by atoms with van der Waals surface area (Å²) in [7, 11) is 3.40. The molecule has 1 aliphatic heterocycles. The van der Waals surface area contributed by atoms with Crippen molar-refractivity contribution in [3.05, 3.63) is 22.2 Å². The lowest BCUT2D eigenvalue weighted by molar-refractivity contribution is -0.922. The Morgan fingerprint density at radius 3 is 2.63 bits per heavy atom. The number of quaternary nitrogens is 1. The molecule has 0 bridgehead atoms. The molecule has 1 aliphatic rings. The summed E-state index contributed by atoms with van der Waals surface area (Å²) >= 11 is 3.56. The third kappa shape index (κ3) is 3.63. The quantitative estimate of drug-likeness (QED) is 0.916. The molecule has 0 spiro atoms. The number of rotatable bonds is 4. The van der Waals surface area contributed by atoms with E-state index in [0.29, 0.717) is 0 Å². The van der Waals surface area contributed by atoms with E-state index in [1.54, 1.807) is 19.1 Å². The van der Waals surface area contributed by atoms with Crippen LogP contribution in [-0.2, 0) is 6.54 Å². The highest BCUT2D eigenvalue weighted by Crippen LogP contribution is 2.32. The molecule has 1 fully saturated rings. The summed E-state index contributed by atoms with van der Waals surface area (Å²) in [6, 6.07) is 4.09. The molecule has 2 atom stereocenters. The van der Waals surface area contributed by atoms with Gasteiger partial charge >= 0.3 is 0 Å². The molecule has 1 saturated heterocycles. The van der Waals surface area contributed by atoms with Gasteiger partial charge in [0, 0.05) is 17.5 Å². The Hall–Kier alpha value is -0.740. The van der Waals surface area contributed by atoms with Crippen LogP contribution in [0.25, 0.3) is 0 Å². The van der Waals surface area contributed by atoms with Gasteiger partial charge in [-0.3, -0.25) is 0 Å². The minimum Gasteiger partial charge on any atom is -0.496 e. The van der Waals surface area contributed by atoms with E-state index in [0.717, 1.165) is 28.4 Å². The van der Waals surface area contributed by atoms with Crippen LogP contribution in [0, 0.1) is 5.92 Å². The van der Waals surface area contributed by atoms with Crippen LogP contribution in [0.5, 0.6) is 11.5 Å². The lowest BCUT2D eigenvalue weighted by atomic mass is 9.99. The Kier molecular flexibility index (Phi) is 5.11. The first-order chi connectivity index (χ1) is 9.13. The second kappa shape index (κ2) is 6.62. The minimum absolute atomic E-state index is 0.822. The SMILES string of the molecule is COc1cc(OC)c(C[NH+]2CCC[C@@H](C)C2)cc1Br. The first-order valence-electron chi connectivity index (χ1n) is 6.88. The predicted octanol–water partition coefficient (Wildman–Crippen LogP) is 2.28. The Morgan fingerprint density at radius 1 is 1.26 bits per heavy atom. The number of piperidine rings is 1. The molecule has 1 aromatic carbocycles. The van der Waals surface area contributed by atoms with Gasteiger partial charge in [-0.05, 0) is 34.8 Å². The monoisotopic (exact) mass is 328 g/mol. The fourth-order valence-electron chi connectivity index (χ4n) is 2.89. The molecule has 2 rings (SSSR count). The van der Waals surface area contributed by atoms with Crippen molar-refractivity contribution in [1.29, 1.82) is 0 Å². The van der Waals surface area contributed by atoms with Crippen LogP contribution < -0.4 is 14.4 Å². The van der Waals surface area contributed by atoms with E-state index >= 15 is 0 Å². The second-order valence-electron chi connectivity index (χ2n) is 5.43. The van der Waals surface area contributed by atoms with Gasteiger partial charge < -0.3 is 14.4 Å². The lowest BCUT2D eigenvalue weighted by Gasteiger charge is -2.28. The number of halogens is 1. The average molecular weight is 329 g/mol. The van der Waals surface area contributed by atoms with Gasteiger partial charge in [-0.1, -0.05) is 6.92 Å². The molecule has 0 aliphatic carbocycles. The van der Waals surface area contributed by atoms with Crippen molar-refractivity contribution < 1.29 is 14.4 Å². The molecule has 106 valence electrons. The standard InChI is InChI=1S/C15H22BrNO2/c1-11-5-4-6-17(9-11)10-12-7-13(16)15(19-3)8-14(12)18-2/h7-8,11H,4-6,9-10H2,1-3H3/p+1/t11-/m1/s1. The molecule has 3 nitrogen and oxygen atoms in total. The van der Waals surface area contributed by atoms with Gasteiger partial charge in [0.05, 0.1) is 31.8 Å². The molecule has 1 N–H and O–H groups in total. The summed E-state index contributed by atoms with van der Waals surface area (Å²) in [6.07, 6.45) is 2.70. The minimum atomic E-state index is 0.822. The Morgan fingerprint density at radius 2 is 2.00 bits per heavy atom. The van der Waals surface area contributed by atoms with Crippen LogP contribution in [0.1, 0.15) is 25.3 Å². The number of hydrogen-bond donors (Lipinski definition) is 1. The Labute approximate surface area is 124 Å². The average Bonchev–Trinajstić information content (AvgIpc) is 2.39. The van der Waals surface area contributed by atoms with Crippen molar-refractivity contribution in [3.8, 4) is 11.5 Å². The maximum Gasteiger partial charge on any atom is 0.136 e. The van der Waals surface area contributed by atoms with Crippen molar-refractivity contribution >= 4 is 15.9 Å². The van der Waals surface area contributed by atoms with Gasteiger partial charge in [0.2, 0.25) is 0 Å². The zero-order valence-corrected chi connectivity index (χ0v) is 13.5. The van der Waals surface area contributed by atoms with E-state index in [9.17, 15) is 0 Å². The number of benzene rings is 1. The van der Waals surface area contributed by atoms with E-state index in [2.05, 4.69) is 28.9 Å². The topological polar surface area (TPSA) is 22.9 Å². The molecule has 1 unspecified atom stereocenters. The summed E-state index contributed by atoms with van der Waals surface area (Å²) in [4.78, 5) is 1.65. The summed E-state index contributed by atoms with van der Waals surface area (Å²) in [6.45, 7) is 5.89. The molecule has 19 heavy (non-hydrogen) atoms. The van der Waals surface area contributed by atoms with E-state index in [4.69, 9.17) is 9.47 Å². The number of hydrogen-bond acceptors (Lipinski definition) is 2. The smallest absolute Gasteiger partial charge is 0.136 e. The van der Waals surface area contributed by atoms with Crippen molar-refractivity contribution in [1.82, 2.24) is 0 Å². The van der Waals surface area contributed by atoms with Crippen LogP contribution in [0.15, 0.2) is 16.6 Å². The molecular weight excluding hydrogens is 306 g/mol. The summed E-state index contributed by atoms with van der Waals surface area (Å²) < 4.78 is 11.8. The van der Waals surface area contributed by atoms with E-state index in [-0.39, 0.29) is 0 Å². The number of methoxy groups -OCH3 is 2. The second-order valence-corrected chi connectivity index (χ2v) is 6.28. The van der Waals surface area contributed by atoms with Crippen LogP contribution >= 0.6 is 15.9 Å². The van der Waals surface area contributed by atoms with Gasteiger partial charge in [0.15, 0.2) is 0 Å². The van der Waals surface area contributed by atoms with E-state index in [1.165, 1.54) is 31.5 Å². The molecule has 1 aromatic rings. The first kappa shape index (κ1) is 14.7.